The minimum Gasteiger partial charge on any atom is -0.0959 e. The SMILES string of the molecule is CC1(C)C#CC(C)(C)C1(C)C. The Morgan fingerprint density at radius 2 is 0.909 bits per heavy atom. The Kier molecular flexibility index (Phi) is 1.44. The van der Waals surface area contributed by atoms with Gasteiger partial charge in [0.2, 0.25) is 0 Å². The van der Waals surface area contributed by atoms with Crippen molar-refractivity contribution in [1.82, 2.24) is 0 Å². The van der Waals surface area contributed by atoms with Gasteiger partial charge in [0.25, 0.3) is 0 Å². The lowest BCUT2D eigenvalue weighted by Crippen LogP contribution is -2.38. The molecule has 0 heterocycles. The summed E-state index contributed by atoms with van der Waals surface area (Å²) in [7, 11) is 0. The van der Waals surface area contributed by atoms with Gasteiger partial charge in [-0.1, -0.05) is 25.7 Å². The molecule has 0 aliphatic heterocycles. The molecule has 0 radical (unpaired) electrons. The highest BCUT2D eigenvalue weighted by Gasteiger charge is 2.50. The van der Waals surface area contributed by atoms with Crippen LogP contribution in [0.1, 0.15) is 41.5 Å². The van der Waals surface area contributed by atoms with Gasteiger partial charge < -0.3 is 0 Å². The topological polar surface area (TPSA) is 0 Å². The molecule has 1 aliphatic rings. The average molecular weight is 150 g/mol. The fraction of sp³-hybridized carbons (Fsp3) is 0.818. The molecule has 0 fully saturated rings. The van der Waals surface area contributed by atoms with E-state index in [2.05, 4.69) is 53.4 Å². The zero-order valence-electron chi connectivity index (χ0n) is 8.50. The molecule has 11 heavy (non-hydrogen) atoms. The van der Waals surface area contributed by atoms with Crippen LogP contribution in [-0.4, -0.2) is 0 Å². The second-order valence-electron chi connectivity index (χ2n) is 5.12. The molecule has 0 bridgehead atoms. The second-order valence-corrected chi connectivity index (χ2v) is 5.12. The van der Waals surface area contributed by atoms with Crippen molar-refractivity contribution in [3.63, 3.8) is 0 Å². The van der Waals surface area contributed by atoms with Gasteiger partial charge in [-0.2, -0.15) is 0 Å². The molecular formula is C11H18. The summed E-state index contributed by atoms with van der Waals surface area (Å²) < 4.78 is 0. The number of rotatable bonds is 0. The van der Waals surface area contributed by atoms with E-state index in [4.69, 9.17) is 0 Å². The maximum atomic E-state index is 3.33. The zero-order chi connectivity index (χ0) is 8.91. The summed E-state index contributed by atoms with van der Waals surface area (Å²) in [6, 6.07) is 0. The van der Waals surface area contributed by atoms with Crippen LogP contribution in [-0.2, 0) is 0 Å². The van der Waals surface area contributed by atoms with Gasteiger partial charge in [-0.05, 0) is 33.1 Å². The summed E-state index contributed by atoms with van der Waals surface area (Å²) in [5, 5.41) is 0. The van der Waals surface area contributed by atoms with Gasteiger partial charge in [-0.25, -0.2) is 0 Å². The Morgan fingerprint density at radius 3 is 1.00 bits per heavy atom. The minimum atomic E-state index is 0.163. The van der Waals surface area contributed by atoms with Gasteiger partial charge in [-0.15, -0.1) is 0 Å². The van der Waals surface area contributed by atoms with E-state index < -0.39 is 0 Å². The van der Waals surface area contributed by atoms with Crippen LogP contribution in [0.15, 0.2) is 0 Å². The summed E-state index contributed by atoms with van der Waals surface area (Å²) >= 11 is 0. The van der Waals surface area contributed by atoms with Crippen molar-refractivity contribution in [2.45, 2.75) is 41.5 Å². The molecule has 0 atom stereocenters. The Hall–Kier alpha value is -0.440. The summed E-state index contributed by atoms with van der Waals surface area (Å²) in [5.74, 6) is 6.65. The third-order valence-electron chi connectivity index (χ3n) is 3.81. The van der Waals surface area contributed by atoms with Crippen molar-refractivity contribution < 1.29 is 0 Å². The molecule has 0 amide bonds. The first-order chi connectivity index (χ1) is 4.71. The molecule has 0 saturated carbocycles. The van der Waals surface area contributed by atoms with E-state index in [0.29, 0.717) is 0 Å². The monoisotopic (exact) mass is 150 g/mol. The lowest BCUT2D eigenvalue weighted by molar-refractivity contribution is 0.0776. The van der Waals surface area contributed by atoms with Gasteiger partial charge in [0, 0.05) is 10.8 Å². The zero-order valence-corrected chi connectivity index (χ0v) is 8.50. The fourth-order valence-electron chi connectivity index (χ4n) is 1.41. The Morgan fingerprint density at radius 1 is 0.636 bits per heavy atom. The largest absolute Gasteiger partial charge is 0.0959 e. The Labute approximate surface area is 70.4 Å². The quantitative estimate of drug-likeness (QED) is 0.465. The van der Waals surface area contributed by atoms with Crippen LogP contribution in [0.25, 0.3) is 0 Å². The van der Waals surface area contributed by atoms with Gasteiger partial charge in [-0.3, -0.25) is 0 Å². The van der Waals surface area contributed by atoms with Gasteiger partial charge in [0.05, 0.1) is 0 Å². The molecule has 0 aromatic carbocycles. The molecule has 0 aromatic rings. The molecule has 0 spiro atoms. The molecule has 1 aliphatic carbocycles. The Balaban J connectivity index is 3.13. The standard InChI is InChI=1S/C11H18/c1-9(2)7-8-10(3,4)11(9,5)6/h1-6H3. The number of hydrogen-bond acceptors (Lipinski definition) is 0. The van der Waals surface area contributed by atoms with E-state index in [1.807, 2.05) is 0 Å². The normalized spacial score (nSPS) is 29.3. The molecule has 0 unspecified atom stereocenters. The molecule has 0 heteroatoms. The lowest BCUT2D eigenvalue weighted by Gasteiger charge is -2.42. The van der Waals surface area contributed by atoms with E-state index in [1.165, 1.54) is 0 Å². The summed E-state index contributed by atoms with van der Waals surface area (Å²) in [6.07, 6.45) is 0. The van der Waals surface area contributed by atoms with Crippen LogP contribution < -0.4 is 0 Å². The summed E-state index contributed by atoms with van der Waals surface area (Å²) in [4.78, 5) is 0. The maximum absolute atomic E-state index is 3.33. The van der Waals surface area contributed by atoms with E-state index in [9.17, 15) is 0 Å². The second kappa shape index (κ2) is 1.83. The van der Waals surface area contributed by atoms with Crippen LogP contribution in [0.4, 0.5) is 0 Å². The Bertz CT molecular complexity index is 208. The molecule has 1 rings (SSSR count). The predicted octanol–water partition coefficient (Wildman–Crippen LogP) is 3.08. The van der Waals surface area contributed by atoms with Crippen LogP contribution in [0.5, 0.6) is 0 Å². The van der Waals surface area contributed by atoms with Crippen molar-refractivity contribution >= 4 is 0 Å². The molecule has 0 N–H and O–H groups in total. The first kappa shape index (κ1) is 8.65. The smallest absolute Gasteiger partial charge is 0.0323 e. The molecule has 0 saturated heterocycles. The maximum Gasteiger partial charge on any atom is 0.0323 e. The van der Waals surface area contributed by atoms with E-state index in [0.717, 1.165) is 0 Å². The van der Waals surface area contributed by atoms with Crippen molar-refractivity contribution in [2.24, 2.45) is 16.2 Å². The van der Waals surface area contributed by atoms with Gasteiger partial charge in [0.1, 0.15) is 0 Å². The highest BCUT2D eigenvalue weighted by atomic mass is 14.5. The first-order valence-electron chi connectivity index (χ1n) is 4.25. The van der Waals surface area contributed by atoms with Crippen molar-refractivity contribution in [3.8, 4) is 11.8 Å². The van der Waals surface area contributed by atoms with Crippen LogP contribution in [0, 0.1) is 28.1 Å². The van der Waals surface area contributed by atoms with Crippen LogP contribution >= 0.6 is 0 Å². The van der Waals surface area contributed by atoms with Gasteiger partial charge in [0.15, 0.2) is 0 Å². The van der Waals surface area contributed by atoms with E-state index in [1.54, 1.807) is 0 Å². The van der Waals surface area contributed by atoms with Crippen LogP contribution in [0.3, 0.4) is 0 Å². The number of hydrogen-bond donors (Lipinski definition) is 0. The molecular weight excluding hydrogens is 132 g/mol. The highest BCUT2D eigenvalue weighted by Crippen LogP contribution is 2.54. The first-order valence-corrected chi connectivity index (χ1v) is 4.25. The minimum absolute atomic E-state index is 0.163. The lowest BCUT2D eigenvalue weighted by atomic mass is 9.59. The van der Waals surface area contributed by atoms with Gasteiger partial charge >= 0.3 is 0 Å². The fourth-order valence-corrected chi connectivity index (χ4v) is 1.41. The van der Waals surface area contributed by atoms with E-state index in [-0.39, 0.29) is 16.2 Å². The van der Waals surface area contributed by atoms with Crippen molar-refractivity contribution in [3.05, 3.63) is 0 Å². The third-order valence-corrected chi connectivity index (χ3v) is 3.81. The van der Waals surface area contributed by atoms with Crippen molar-refractivity contribution in [2.75, 3.05) is 0 Å². The van der Waals surface area contributed by atoms with Crippen LogP contribution in [0.2, 0.25) is 0 Å². The van der Waals surface area contributed by atoms with E-state index >= 15 is 0 Å². The average Bonchev–Trinajstić information content (AvgIpc) is 1.93. The molecule has 0 aromatic heterocycles. The summed E-state index contributed by atoms with van der Waals surface area (Å²) in [6.45, 7) is 13.5. The predicted molar refractivity (Wildman–Crippen MR) is 49.1 cm³/mol. The highest BCUT2D eigenvalue weighted by molar-refractivity contribution is 5.30. The molecule has 0 nitrogen and oxygen atoms in total. The molecule has 62 valence electrons. The summed E-state index contributed by atoms with van der Waals surface area (Å²) in [5.41, 5.74) is 0.590. The van der Waals surface area contributed by atoms with Crippen molar-refractivity contribution in [1.29, 1.82) is 0 Å². The third kappa shape index (κ3) is 0.906.